The molecule has 0 radical (unpaired) electrons. The summed E-state index contributed by atoms with van der Waals surface area (Å²) in [4.78, 5) is 9.79. The molecule has 1 aromatic rings. The number of likely N-dealkylation sites (tertiary alicyclic amines) is 1. The largest absolute Gasteiger partial charge is 0.379 e. The van der Waals surface area contributed by atoms with Gasteiger partial charge in [0, 0.05) is 37.7 Å². The third-order valence-corrected chi connectivity index (χ3v) is 5.25. The van der Waals surface area contributed by atoms with E-state index in [-0.39, 0.29) is 6.04 Å². The van der Waals surface area contributed by atoms with E-state index < -0.39 is 0 Å². The maximum atomic E-state index is 6.51. The lowest BCUT2D eigenvalue weighted by Gasteiger charge is -2.34. The number of morpholine rings is 1. The van der Waals surface area contributed by atoms with Gasteiger partial charge in [-0.25, -0.2) is 0 Å². The first-order valence-corrected chi connectivity index (χ1v) is 9.77. The quantitative estimate of drug-likeness (QED) is 0.644. The van der Waals surface area contributed by atoms with Crippen molar-refractivity contribution >= 4 is 17.6 Å². The summed E-state index contributed by atoms with van der Waals surface area (Å²) in [6.45, 7) is 9.32. The molecule has 0 saturated carbocycles. The van der Waals surface area contributed by atoms with Crippen molar-refractivity contribution in [2.24, 2.45) is 4.99 Å². The number of aliphatic imine (C=N–C) groups is 1. The molecule has 5 nitrogen and oxygen atoms in total. The van der Waals surface area contributed by atoms with Crippen molar-refractivity contribution in [2.75, 3.05) is 52.5 Å². The normalized spacial score (nSPS) is 20.7. The summed E-state index contributed by atoms with van der Waals surface area (Å²) in [5, 5.41) is 4.27. The van der Waals surface area contributed by atoms with E-state index in [1.54, 1.807) is 0 Å². The third kappa shape index (κ3) is 4.87. The molecule has 1 aromatic carbocycles. The van der Waals surface area contributed by atoms with Gasteiger partial charge in [0.05, 0.1) is 25.8 Å². The maximum absolute atomic E-state index is 6.51. The second-order valence-corrected chi connectivity index (χ2v) is 6.98. The lowest BCUT2D eigenvalue weighted by Crippen LogP contribution is -2.42. The third-order valence-electron chi connectivity index (χ3n) is 4.91. The number of rotatable bonds is 5. The molecule has 2 aliphatic rings. The fraction of sp³-hybridized carbons (Fsp3) is 0.632. The van der Waals surface area contributed by atoms with Gasteiger partial charge in [0.15, 0.2) is 5.96 Å². The summed E-state index contributed by atoms with van der Waals surface area (Å²) in [6, 6.07) is 8.33. The summed E-state index contributed by atoms with van der Waals surface area (Å²) in [6.07, 6.45) is 2.50. The molecule has 2 heterocycles. The van der Waals surface area contributed by atoms with E-state index in [9.17, 15) is 0 Å². The van der Waals surface area contributed by atoms with Gasteiger partial charge in [0.2, 0.25) is 0 Å². The van der Waals surface area contributed by atoms with Gasteiger partial charge >= 0.3 is 0 Å². The summed E-state index contributed by atoms with van der Waals surface area (Å²) in [5.41, 5.74) is 1.16. The molecule has 2 fully saturated rings. The summed E-state index contributed by atoms with van der Waals surface area (Å²) in [5.74, 6) is 1.03. The number of hydrogen-bond donors (Lipinski definition) is 1. The van der Waals surface area contributed by atoms with Gasteiger partial charge in [-0.15, -0.1) is 0 Å². The van der Waals surface area contributed by atoms with Crippen LogP contribution in [0.25, 0.3) is 0 Å². The van der Waals surface area contributed by atoms with Crippen molar-refractivity contribution in [3.05, 3.63) is 34.9 Å². The SMILES string of the molecule is CCNC(=NCC(c1ccccc1Cl)N1CCOCC1)N1CCCC1. The van der Waals surface area contributed by atoms with Crippen LogP contribution in [-0.2, 0) is 4.74 Å². The fourth-order valence-corrected chi connectivity index (χ4v) is 3.83. The van der Waals surface area contributed by atoms with Crippen LogP contribution in [0.1, 0.15) is 31.4 Å². The fourth-order valence-electron chi connectivity index (χ4n) is 3.57. The van der Waals surface area contributed by atoms with E-state index in [0.717, 1.165) is 62.5 Å². The number of benzene rings is 1. The first-order valence-electron chi connectivity index (χ1n) is 9.39. The molecule has 6 heteroatoms. The molecule has 0 aromatic heterocycles. The van der Waals surface area contributed by atoms with Crippen LogP contribution in [-0.4, -0.2) is 68.2 Å². The molecular formula is C19H29ClN4O. The average molecular weight is 365 g/mol. The van der Waals surface area contributed by atoms with Crippen LogP contribution in [0.5, 0.6) is 0 Å². The zero-order valence-electron chi connectivity index (χ0n) is 15.1. The molecule has 2 saturated heterocycles. The van der Waals surface area contributed by atoms with Crippen LogP contribution < -0.4 is 5.32 Å². The Labute approximate surface area is 156 Å². The monoisotopic (exact) mass is 364 g/mol. The summed E-state index contributed by atoms with van der Waals surface area (Å²) >= 11 is 6.51. The highest BCUT2D eigenvalue weighted by Gasteiger charge is 2.25. The van der Waals surface area contributed by atoms with E-state index in [4.69, 9.17) is 21.3 Å². The van der Waals surface area contributed by atoms with E-state index in [1.165, 1.54) is 12.8 Å². The standard InChI is InChI=1S/C19H29ClN4O/c1-2-21-19(24-9-5-6-10-24)22-15-18(23-11-13-25-14-12-23)16-7-3-4-8-17(16)20/h3-4,7-8,18H,2,5-6,9-15H2,1H3,(H,21,22). The topological polar surface area (TPSA) is 40.1 Å². The number of halogens is 1. The number of nitrogens with zero attached hydrogens (tertiary/aromatic N) is 3. The first-order chi connectivity index (χ1) is 12.3. The Bertz CT molecular complexity index is 568. The van der Waals surface area contributed by atoms with Gasteiger partial charge in [-0.3, -0.25) is 9.89 Å². The van der Waals surface area contributed by atoms with Crippen molar-refractivity contribution in [1.29, 1.82) is 0 Å². The minimum Gasteiger partial charge on any atom is -0.379 e. The summed E-state index contributed by atoms with van der Waals surface area (Å²) < 4.78 is 5.53. The van der Waals surface area contributed by atoms with Crippen molar-refractivity contribution < 1.29 is 4.74 Å². The summed E-state index contributed by atoms with van der Waals surface area (Å²) in [7, 11) is 0. The lowest BCUT2D eigenvalue weighted by molar-refractivity contribution is 0.0179. The van der Waals surface area contributed by atoms with Crippen molar-refractivity contribution in [3.8, 4) is 0 Å². The average Bonchev–Trinajstić information content (AvgIpc) is 3.18. The highest BCUT2D eigenvalue weighted by Crippen LogP contribution is 2.28. The molecule has 2 aliphatic heterocycles. The van der Waals surface area contributed by atoms with Crippen LogP contribution in [0.3, 0.4) is 0 Å². The molecule has 0 bridgehead atoms. The Morgan fingerprint density at radius 3 is 2.60 bits per heavy atom. The minimum absolute atomic E-state index is 0.189. The predicted molar refractivity (Wildman–Crippen MR) is 103 cm³/mol. The Morgan fingerprint density at radius 1 is 1.20 bits per heavy atom. The van der Waals surface area contributed by atoms with E-state index in [0.29, 0.717) is 6.54 Å². The van der Waals surface area contributed by atoms with Gasteiger partial charge in [0.1, 0.15) is 0 Å². The molecule has 1 N–H and O–H groups in total. The molecule has 3 rings (SSSR count). The van der Waals surface area contributed by atoms with Gasteiger partial charge in [-0.1, -0.05) is 29.8 Å². The van der Waals surface area contributed by atoms with Crippen LogP contribution in [0.15, 0.2) is 29.3 Å². The Kier molecular flexibility index (Phi) is 6.96. The van der Waals surface area contributed by atoms with Gasteiger partial charge in [-0.05, 0) is 31.4 Å². The molecule has 1 unspecified atom stereocenters. The first kappa shape index (κ1) is 18.5. The lowest BCUT2D eigenvalue weighted by atomic mass is 10.0. The maximum Gasteiger partial charge on any atom is 0.193 e. The molecule has 1 atom stereocenters. The molecule has 25 heavy (non-hydrogen) atoms. The zero-order chi connectivity index (χ0) is 17.5. The Hall–Kier alpha value is -1.30. The van der Waals surface area contributed by atoms with Crippen molar-refractivity contribution in [3.63, 3.8) is 0 Å². The highest BCUT2D eigenvalue weighted by molar-refractivity contribution is 6.31. The number of nitrogens with one attached hydrogen (secondary N) is 1. The van der Waals surface area contributed by atoms with Crippen molar-refractivity contribution in [2.45, 2.75) is 25.8 Å². The molecular weight excluding hydrogens is 336 g/mol. The van der Waals surface area contributed by atoms with Gasteiger partial charge in [-0.2, -0.15) is 0 Å². The van der Waals surface area contributed by atoms with Crippen LogP contribution in [0.2, 0.25) is 5.02 Å². The molecule has 0 aliphatic carbocycles. The number of guanidine groups is 1. The molecule has 138 valence electrons. The second kappa shape index (κ2) is 9.41. The van der Waals surface area contributed by atoms with E-state index in [2.05, 4.69) is 34.2 Å². The van der Waals surface area contributed by atoms with Crippen LogP contribution in [0, 0.1) is 0 Å². The zero-order valence-corrected chi connectivity index (χ0v) is 15.8. The smallest absolute Gasteiger partial charge is 0.193 e. The molecule has 0 spiro atoms. The minimum atomic E-state index is 0.189. The second-order valence-electron chi connectivity index (χ2n) is 6.57. The predicted octanol–water partition coefficient (Wildman–Crippen LogP) is 2.77. The van der Waals surface area contributed by atoms with Crippen molar-refractivity contribution in [1.82, 2.24) is 15.1 Å². The van der Waals surface area contributed by atoms with Gasteiger partial charge < -0.3 is 15.0 Å². The molecule has 0 amide bonds. The van der Waals surface area contributed by atoms with Crippen LogP contribution in [0.4, 0.5) is 0 Å². The van der Waals surface area contributed by atoms with Crippen LogP contribution >= 0.6 is 11.6 Å². The van der Waals surface area contributed by atoms with Gasteiger partial charge in [0.25, 0.3) is 0 Å². The van der Waals surface area contributed by atoms with E-state index in [1.807, 2.05) is 12.1 Å². The van der Waals surface area contributed by atoms with E-state index >= 15 is 0 Å². The Morgan fingerprint density at radius 2 is 1.92 bits per heavy atom. The highest BCUT2D eigenvalue weighted by atomic mass is 35.5. The Balaban J connectivity index is 1.80. The number of hydrogen-bond acceptors (Lipinski definition) is 3. The number of ether oxygens (including phenoxy) is 1.